The smallest absolute Gasteiger partial charge is 0.248 e. The second-order valence-electron chi connectivity index (χ2n) is 5.98. The molecule has 0 radical (unpaired) electrons. The van der Waals surface area contributed by atoms with Crippen LogP contribution in [0, 0.1) is 0 Å². The largest absolute Gasteiger partial charge is 0.383 e. The molecule has 0 bridgehead atoms. The monoisotopic (exact) mass is 340 g/mol. The lowest BCUT2D eigenvalue weighted by Crippen LogP contribution is -2.10. The van der Waals surface area contributed by atoms with Crippen molar-refractivity contribution >= 4 is 22.6 Å². The molecule has 0 aliphatic heterocycles. The summed E-state index contributed by atoms with van der Waals surface area (Å²) in [4.78, 5) is 20.2. The highest BCUT2D eigenvalue weighted by molar-refractivity contribution is 5.98. The minimum atomic E-state index is -0.462. The summed E-state index contributed by atoms with van der Waals surface area (Å²) >= 11 is 0. The lowest BCUT2D eigenvalue weighted by molar-refractivity contribution is 0.100. The molecular formula is C21H16N4O. The number of carbonyl (C=O) groups excluding carboxylic acids is 1. The number of hydrogen-bond donors (Lipinski definition) is 2. The zero-order chi connectivity index (χ0) is 18.1. The van der Waals surface area contributed by atoms with E-state index in [9.17, 15) is 4.79 Å². The highest BCUT2D eigenvalue weighted by atomic mass is 16.1. The van der Waals surface area contributed by atoms with Gasteiger partial charge in [-0.1, -0.05) is 30.3 Å². The first-order chi connectivity index (χ1) is 12.6. The van der Waals surface area contributed by atoms with Gasteiger partial charge in [-0.15, -0.1) is 0 Å². The Morgan fingerprint density at radius 2 is 1.69 bits per heavy atom. The minimum Gasteiger partial charge on any atom is -0.383 e. The molecule has 2 heterocycles. The van der Waals surface area contributed by atoms with Gasteiger partial charge in [0.1, 0.15) is 5.82 Å². The number of pyridine rings is 2. The molecule has 0 saturated heterocycles. The van der Waals surface area contributed by atoms with Crippen molar-refractivity contribution in [3.8, 4) is 22.3 Å². The Kier molecular flexibility index (Phi) is 3.82. The third-order valence-electron chi connectivity index (χ3n) is 4.33. The molecule has 5 nitrogen and oxygen atoms in total. The summed E-state index contributed by atoms with van der Waals surface area (Å²) in [6.07, 6.45) is 3.46. The first kappa shape index (κ1) is 15.8. The first-order valence-corrected chi connectivity index (χ1v) is 8.13. The van der Waals surface area contributed by atoms with Crippen LogP contribution in [0.1, 0.15) is 10.4 Å². The summed E-state index contributed by atoms with van der Waals surface area (Å²) in [7, 11) is 0. The van der Waals surface area contributed by atoms with Crippen molar-refractivity contribution < 1.29 is 4.79 Å². The average Bonchev–Trinajstić information content (AvgIpc) is 2.68. The number of anilines is 1. The van der Waals surface area contributed by atoms with Crippen LogP contribution in [-0.4, -0.2) is 15.9 Å². The van der Waals surface area contributed by atoms with E-state index in [4.69, 9.17) is 11.5 Å². The lowest BCUT2D eigenvalue weighted by Gasteiger charge is -2.11. The van der Waals surface area contributed by atoms with Gasteiger partial charge in [-0.3, -0.25) is 9.78 Å². The van der Waals surface area contributed by atoms with Crippen molar-refractivity contribution in [2.45, 2.75) is 0 Å². The van der Waals surface area contributed by atoms with E-state index in [1.165, 1.54) is 0 Å². The van der Waals surface area contributed by atoms with E-state index in [1.54, 1.807) is 30.6 Å². The average molecular weight is 340 g/mol. The third kappa shape index (κ3) is 2.75. The normalized spacial score (nSPS) is 10.8. The molecule has 0 atom stereocenters. The molecular weight excluding hydrogens is 324 g/mol. The van der Waals surface area contributed by atoms with E-state index in [0.717, 1.165) is 33.2 Å². The Morgan fingerprint density at radius 1 is 0.846 bits per heavy atom. The molecule has 5 heteroatoms. The second-order valence-corrected chi connectivity index (χ2v) is 5.98. The number of primary amides is 1. The Hall–Kier alpha value is -3.73. The van der Waals surface area contributed by atoms with Crippen LogP contribution in [0.4, 0.5) is 5.82 Å². The maximum absolute atomic E-state index is 11.5. The molecule has 4 aromatic rings. The molecule has 0 saturated carbocycles. The highest BCUT2D eigenvalue weighted by Crippen LogP contribution is 2.33. The summed E-state index contributed by atoms with van der Waals surface area (Å²) in [6.45, 7) is 0. The van der Waals surface area contributed by atoms with E-state index >= 15 is 0 Å². The molecule has 0 spiro atoms. The molecule has 0 unspecified atom stereocenters. The van der Waals surface area contributed by atoms with E-state index in [1.807, 2.05) is 42.5 Å². The number of aromatic nitrogens is 2. The fourth-order valence-corrected chi connectivity index (χ4v) is 3.04. The number of fused-ring (bicyclic) bond motifs is 1. The summed E-state index contributed by atoms with van der Waals surface area (Å²) in [5.41, 5.74) is 16.4. The molecule has 0 aliphatic rings. The van der Waals surface area contributed by atoms with Gasteiger partial charge in [-0.05, 0) is 41.5 Å². The van der Waals surface area contributed by atoms with Gasteiger partial charge in [0.2, 0.25) is 5.91 Å². The van der Waals surface area contributed by atoms with Crippen molar-refractivity contribution in [3.05, 3.63) is 78.6 Å². The van der Waals surface area contributed by atoms with Crippen molar-refractivity contribution in [1.82, 2.24) is 9.97 Å². The number of benzene rings is 2. The number of amides is 1. The standard InChI is InChI=1S/C21H16N4O/c22-20-18(16-6-2-8-19-17(16)7-3-9-24-19)11-15(12-25-20)13-4-1-5-14(10-13)21(23)26/h1-12H,(H2,22,25)(H2,23,26). The number of nitrogens with two attached hydrogens (primary N) is 2. The maximum Gasteiger partial charge on any atom is 0.248 e. The lowest BCUT2D eigenvalue weighted by atomic mass is 9.97. The molecule has 2 aromatic heterocycles. The van der Waals surface area contributed by atoms with Gasteiger partial charge in [0, 0.05) is 34.5 Å². The van der Waals surface area contributed by atoms with Crippen LogP contribution in [-0.2, 0) is 0 Å². The van der Waals surface area contributed by atoms with Gasteiger partial charge in [0.05, 0.1) is 5.52 Å². The summed E-state index contributed by atoms with van der Waals surface area (Å²) in [5, 5.41) is 1.01. The Morgan fingerprint density at radius 3 is 2.54 bits per heavy atom. The number of rotatable bonds is 3. The van der Waals surface area contributed by atoms with Gasteiger partial charge in [-0.25, -0.2) is 4.98 Å². The van der Waals surface area contributed by atoms with E-state index in [2.05, 4.69) is 9.97 Å². The maximum atomic E-state index is 11.5. The van der Waals surface area contributed by atoms with E-state index in [0.29, 0.717) is 11.4 Å². The molecule has 2 aromatic carbocycles. The zero-order valence-electron chi connectivity index (χ0n) is 13.9. The SMILES string of the molecule is NC(=O)c1cccc(-c2cnc(N)c(-c3cccc4ncccc34)c2)c1. The quantitative estimate of drug-likeness (QED) is 0.595. The van der Waals surface area contributed by atoms with Gasteiger partial charge in [-0.2, -0.15) is 0 Å². The van der Waals surface area contributed by atoms with Gasteiger partial charge >= 0.3 is 0 Å². The molecule has 4 N–H and O–H groups in total. The number of hydrogen-bond acceptors (Lipinski definition) is 4. The van der Waals surface area contributed by atoms with Crippen LogP contribution in [0.5, 0.6) is 0 Å². The van der Waals surface area contributed by atoms with Gasteiger partial charge in [0.25, 0.3) is 0 Å². The van der Waals surface area contributed by atoms with Crippen LogP contribution in [0.2, 0.25) is 0 Å². The van der Waals surface area contributed by atoms with E-state index < -0.39 is 5.91 Å². The van der Waals surface area contributed by atoms with Crippen LogP contribution in [0.15, 0.2) is 73.1 Å². The number of carbonyl (C=O) groups is 1. The summed E-state index contributed by atoms with van der Waals surface area (Å²) < 4.78 is 0. The number of nitrogens with zero attached hydrogens (tertiary/aromatic N) is 2. The van der Waals surface area contributed by atoms with Crippen LogP contribution < -0.4 is 11.5 Å². The third-order valence-corrected chi connectivity index (χ3v) is 4.33. The molecule has 26 heavy (non-hydrogen) atoms. The molecule has 126 valence electrons. The minimum absolute atomic E-state index is 0.441. The van der Waals surface area contributed by atoms with Gasteiger partial charge in [0.15, 0.2) is 0 Å². The zero-order valence-corrected chi connectivity index (χ0v) is 13.9. The van der Waals surface area contributed by atoms with Crippen molar-refractivity contribution in [2.24, 2.45) is 5.73 Å². The molecule has 0 fully saturated rings. The molecule has 0 aliphatic carbocycles. The van der Waals surface area contributed by atoms with Crippen LogP contribution >= 0.6 is 0 Å². The van der Waals surface area contributed by atoms with Gasteiger partial charge < -0.3 is 11.5 Å². The topological polar surface area (TPSA) is 94.9 Å². The van der Waals surface area contributed by atoms with Crippen molar-refractivity contribution in [2.75, 3.05) is 5.73 Å². The predicted molar refractivity (Wildman–Crippen MR) is 103 cm³/mol. The van der Waals surface area contributed by atoms with Crippen molar-refractivity contribution in [1.29, 1.82) is 0 Å². The second kappa shape index (κ2) is 6.29. The highest BCUT2D eigenvalue weighted by Gasteiger charge is 2.11. The Balaban J connectivity index is 1.90. The Bertz CT molecular complexity index is 1130. The summed E-state index contributed by atoms with van der Waals surface area (Å²) in [5.74, 6) is -0.0215. The summed E-state index contributed by atoms with van der Waals surface area (Å²) in [6, 6.07) is 18.9. The molecule has 1 amide bonds. The number of nitrogen functional groups attached to an aromatic ring is 1. The van der Waals surface area contributed by atoms with Crippen LogP contribution in [0.3, 0.4) is 0 Å². The van der Waals surface area contributed by atoms with Crippen LogP contribution in [0.25, 0.3) is 33.2 Å². The fourth-order valence-electron chi connectivity index (χ4n) is 3.04. The fraction of sp³-hybridized carbons (Fsp3) is 0. The Labute approximate surface area is 150 Å². The molecule has 4 rings (SSSR count). The van der Waals surface area contributed by atoms with Crippen molar-refractivity contribution in [3.63, 3.8) is 0 Å². The first-order valence-electron chi connectivity index (χ1n) is 8.13. The predicted octanol–water partition coefficient (Wildman–Crippen LogP) is 3.64. The van der Waals surface area contributed by atoms with E-state index in [-0.39, 0.29) is 0 Å².